The number of rotatable bonds is 9. The molecule has 0 fully saturated rings. The Kier molecular flexibility index (Phi) is 15.1. The van der Waals surface area contributed by atoms with Gasteiger partial charge in [0.05, 0.1) is 12.7 Å². The van der Waals surface area contributed by atoms with Crippen LogP contribution in [0.15, 0.2) is 0 Å². The molecule has 7 nitrogen and oxygen atoms in total. The van der Waals surface area contributed by atoms with Crippen LogP contribution < -0.4 is 5.32 Å². The minimum atomic E-state index is -1.55. The molecule has 0 aliphatic heterocycles. The Morgan fingerprint density at radius 1 is 0.850 bits per heavy atom. The molecule has 0 aliphatic carbocycles. The number of hydrogen-bond acceptors (Lipinski definition) is 7. The molecule has 0 rings (SSSR count). The topological polar surface area (TPSA) is 116 Å². The number of hydrogen-bond donors (Lipinski definition) is 6. The van der Waals surface area contributed by atoms with Crippen molar-refractivity contribution in [2.75, 3.05) is 39.8 Å². The predicted molar refractivity (Wildman–Crippen MR) is 78.5 cm³/mol. The maximum Gasteiger partial charge on any atom is 0.111 e. The molecule has 124 valence electrons. The summed E-state index contributed by atoms with van der Waals surface area (Å²) in [5.41, 5.74) is 0. The number of likely N-dealkylation sites (N-methyl/N-ethyl adjacent to an activating group) is 1. The molecule has 0 unspecified atom stereocenters. The molecule has 0 spiro atoms. The molecule has 0 aromatic heterocycles. The van der Waals surface area contributed by atoms with Gasteiger partial charge >= 0.3 is 0 Å². The standard InChI is InChI=1S/C7H17NO5.C6H15N/c1-8-2-4(10)6(12)7(13)5(11)3-9;1-4-7(5-2)6-3/h4-13H,2-3H2,1H3;4-6H2,1-3H3/t4-,5+,6+,7+;/m0./s1. The van der Waals surface area contributed by atoms with Crippen molar-refractivity contribution in [3.8, 4) is 0 Å². The molecule has 4 atom stereocenters. The third-order valence-electron chi connectivity index (χ3n) is 3.08. The Balaban J connectivity index is 0. The van der Waals surface area contributed by atoms with Crippen LogP contribution in [-0.4, -0.2) is 94.7 Å². The molecule has 0 aliphatic rings. The van der Waals surface area contributed by atoms with Crippen LogP contribution in [0, 0.1) is 0 Å². The number of aliphatic hydroxyl groups excluding tert-OH is 5. The summed E-state index contributed by atoms with van der Waals surface area (Å²) in [6, 6.07) is 0. The summed E-state index contributed by atoms with van der Waals surface area (Å²) in [4.78, 5) is 2.38. The number of aliphatic hydroxyl groups is 5. The van der Waals surface area contributed by atoms with E-state index < -0.39 is 31.0 Å². The summed E-state index contributed by atoms with van der Waals surface area (Å²) in [5.74, 6) is 0. The third kappa shape index (κ3) is 9.60. The molecule has 0 saturated carbocycles. The van der Waals surface area contributed by atoms with Gasteiger partial charge in [-0.15, -0.1) is 0 Å². The van der Waals surface area contributed by atoms with Gasteiger partial charge in [-0.2, -0.15) is 0 Å². The second-order valence-corrected chi connectivity index (χ2v) is 4.48. The Morgan fingerprint density at radius 3 is 1.50 bits per heavy atom. The Morgan fingerprint density at radius 2 is 1.25 bits per heavy atom. The lowest BCUT2D eigenvalue weighted by Crippen LogP contribution is -2.48. The zero-order valence-corrected chi connectivity index (χ0v) is 13.0. The van der Waals surface area contributed by atoms with E-state index in [1.165, 1.54) is 19.6 Å². The zero-order valence-electron chi connectivity index (χ0n) is 13.0. The van der Waals surface area contributed by atoms with Crippen LogP contribution in [0.4, 0.5) is 0 Å². The summed E-state index contributed by atoms with van der Waals surface area (Å²) >= 11 is 0. The highest BCUT2D eigenvalue weighted by atomic mass is 16.4. The minimum Gasteiger partial charge on any atom is -0.394 e. The van der Waals surface area contributed by atoms with Crippen LogP contribution in [0.1, 0.15) is 20.8 Å². The van der Waals surface area contributed by atoms with Gasteiger partial charge < -0.3 is 35.7 Å². The molecule has 0 aromatic carbocycles. The lowest BCUT2D eigenvalue weighted by Gasteiger charge is -2.25. The first-order chi connectivity index (χ1) is 9.39. The molecule has 0 bridgehead atoms. The van der Waals surface area contributed by atoms with E-state index in [-0.39, 0.29) is 6.54 Å². The van der Waals surface area contributed by atoms with E-state index in [9.17, 15) is 5.11 Å². The maximum absolute atomic E-state index is 9.21. The third-order valence-corrected chi connectivity index (χ3v) is 3.08. The summed E-state index contributed by atoms with van der Waals surface area (Å²) < 4.78 is 0. The molecule has 6 N–H and O–H groups in total. The lowest BCUT2D eigenvalue weighted by molar-refractivity contribution is -0.113. The van der Waals surface area contributed by atoms with Crippen LogP contribution in [0.3, 0.4) is 0 Å². The van der Waals surface area contributed by atoms with E-state index in [2.05, 4.69) is 31.0 Å². The fraction of sp³-hybridized carbons (Fsp3) is 1.00. The molecule has 0 saturated heterocycles. The van der Waals surface area contributed by atoms with Gasteiger partial charge in [0.1, 0.15) is 18.3 Å². The van der Waals surface area contributed by atoms with Crippen LogP contribution >= 0.6 is 0 Å². The van der Waals surface area contributed by atoms with Crippen LogP contribution in [0.25, 0.3) is 0 Å². The molecule has 0 radical (unpaired) electrons. The summed E-state index contributed by atoms with van der Waals surface area (Å²) in [6.07, 6.45) is -5.65. The average Bonchev–Trinajstić information content (AvgIpc) is 2.47. The SMILES string of the molecule is CCN(CC)CC.CNC[C@H](O)[C@@H](O)[C@H](O)[C@H](O)CO. The van der Waals surface area contributed by atoms with Gasteiger partial charge in [0.2, 0.25) is 0 Å². The maximum atomic E-state index is 9.21. The summed E-state index contributed by atoms with van der Waals surface area (Å²) in [7, 11) is 1.57. The van der Waals surface area contributed by atoms with E-state index in [1.807, 2.05) is 0 Å². The van der Waals surface area contributed by atoms with Crippen molar-refractivity contribution in [1.29, 1.82) is 0 Å². The van der Waals surface area contributed by atoms with Crippen molar-refractivity contribution >= 4 is 0 Å². The Hall–Kier alpha value is -0.280. The van der Waals surface area contributed by atoms with Gasteiger partial charge in [-0.25, -0.2) is 0 Å². The molecular formula is C13H32N2O5. The summed E-state index contributed by atoms with van der Waals surface area (Å²) in [6.45, 7) is 9.56. The quantitative estimate of drug-likeness (QED) is 0.291. The second-order valence-electron chi connectivity index (χ2n) is 4.48. The summed E-state index contributed by atoms with van der Waals surface area (Å²) in [5, 5.41) is 47.5. The first kappa shape index (κ1) is 22.0. The molecule has 0 heterocycles. The van der Waals surface area contributed by atoms with E-state index in [1.54, 1.807) is 7.05 Å². The molecule has 0 amide bonds. The largest absolute Gasteiger partial charge is 0.394 e. The van der Waals surface area contributed by atoms with Gasteiger partial charge in [-0.1, -0.05) is 20.8 Å². The van der Waals surface area contributed by atoms with Gasteiger partial charge in [0, 0.05) is 6.54 Å². The first-order valence-corrected chi connectivity index (χ1v) is 7.09. The fourth-order valence-corrected chi connectivity index (χ4v) is 1.56. The average molecular weight is 296 g/mol. The van der Waals surface area contributed by atoms with Crippen LogP contribution in [0.5, 0.6) is 0 Å². The highest BCUT2D eigenvalue weighted by molar-refractivity contribution is 4.81. The van der Waals surface area contributed by atoms with Crippen molar-refractivity contribution in [3.05, 3.63) is 0 Å². The van der Waals surface area contributed by atoms with E-state index >= 15 is 0 Å². The van der Waals surface area contributed by atoms with Crippen molar-refractivity contribution in [3.63, 3.8) is 0 Å². The van der Waals surface area contributed by atoms with Gasteiger partial charge in [-0.05, 0) is 26.7 Å². The molecule has 7 heteroatoms. The lowest BCUT2D eigenvalue weighted by atomic mass is 10.0. The minimum absolute atomic E-state index is 0.0936. The first-order valence-electron chi connectivity index (χ1n) is 7.09. The number of nitrogens with zero attached hydrogens (tertiary/aromatic N) is 1. The van der Waals surface area contributed by atoms with Crippen molar-refractivity contribution < 1.29 is 25.5 Å². The van der Waals surface area contributed by atoms with Gasteiger partial charge in [0.15, 0.2) is 0 Å². The molecule has 20 heavy (non-hydrogen) atoms. The second kappa shape index (κ2) is 13.7. The normalized spacial score (nSPS) is 17.1. The highest BCUT2D eigenvalue weighted by Gasteiger charge is 2.29. The van der Waals surface area contributed by atoms with Crippen LogP contribution in [-0.2, 0) is 0 Å². The highest BCUT2D eigenvalue weighted by Crippen LogP contribution is 2.04. The monoisotopic (exact) mass is 296 g/mol. The van der Waals surface area contributed by atoms with E-state index in [4.69, 9.17) is 20.4 Å². The fourth-order valence-electron chi connectivity index (χ4n) is 1.56. The predicted octanol–water partition coefficient (Wildman–Crippen LogP) is -2.01. The Labute approximate surface area is 121 Å². The van der Waals surface area contributed by atoms with E-state index in [0.29, 0.717) is 0 Å². The van der Waals surface area contributed by atoms with Crippen LogP contribution in [0.2, 0.25) is 0 Å². The van der Waals surface area contributed by atoms with Gasteiger partial charge in [-0.3, -0.25) is 0 Å². The molecular weight excluding hydrogens is 264 g/mol. The smallest absolute Gasteiger partial charge is 0.111 e. The van der Waals surface area contributed by atoms with Crippen molar-refractivity contribution in [2.24, 2.45) is 0 Å². The number of nitrogens with one attached hydrogen (secondary N) is 1. The van der Waals surface area contributed by atoms with Gasteiger partial charge in [0.25, 0.3) is 0 Å². The van der Waals surface area contributed by atoms with Crippen molar-refractivity contribution in [2.45, 2.75) is 45.2 Å². The van der Waals surface area contributed by atoms with Crippen molar-refractivity contribution in [1.82, 2.24) is 10.2 Å². The molecule has 0 aromatic rings. The van der Waals surface area contributed by atoms with E-state index in [0.717, 1.165) is 0 Å². The zero-order chi connectivity index (χ0) is 16.1. The Bertz CT molecular complexity index is 200.